The van der Waals surface area contributed by atoms with E-state index in [1.807, 2.05) is 13.0 Å². The van der Waals surface area contributed by atoms with Gasteiger partial charge >= 0.3 is 0 Å². The zero-order valence-corrected chi connectivity index (χ0v) is 9.69. The van der Waals surface area contributed by atoms with E-state index in [0.29, 0.717) is 11.3 Å². The van der Waals surface area contributed by atoms with Crippen LogP contribution in [0.1, 0.15) is 10.6 Å². The maximum Gasteiger partial charge on any atom is 0.157 e. The molecular formula is C9H10N2O2S2. The molecule has 2 aromatic rings. The van der Waals surface area contributed by atoms with Crippen molar-refractivity contribution in [3.8, 4) is 0 Å². The van der Waals surface area contributed by atoms with Crippen molar-refractivity contribution in [3.63, 3.8) is 0 Å². The number of benzene rings is 1. The summed E-state index contributed by atoms with van der Waals surface area (Å²) >= 11 is -0.334. The predicted octanol–water partition coefficient (Wildman–Crippen LogP) is 1.91. The number of thiazole rings is 1. The second-order valence-corrected chi connectivity index (χ2v) is 5.35. The van der Waals surface area contributed by atoms with Crippen molar-refractivity contribution in [2.24, 2.45) is 0 Å². The van der Waals surface area contributed by atoms with Crippen molar-refractivity contribution in [2.75, 3.05) is 5.73 Å². The number of aryl methyl sites for hydroxylation is 1. The third-order valence-corrected chi connectivity index (χ3v) is 3.55. The number of nitrogen functional groups attached to an aromatic ring is 1. The van der Waals surface area contributed by atoms with Crippen LogP contribution in [0.25, 0.3) is 10.2 Å². The fourth-order valence-corrected chi connectivity index (χ4v) is 2.86. The van der Waals surface area contributed by atoms with Crippen molar-refractivity contribution in [1.82, 2.24) is 4.98 Å². The van der Waals surface area contributed by atoms with Crippen LogP contribution in [0.15, 0.2) is 12.1 Å². The second-order valence-electron chi connectivity index (χ2n) is 3.18. The van der Waals surface area contributed by atoms with E-state index in [9.17, 15) is 4.21 Å². The Balaban J connectivity index is 2.67. The molecule has 6 heteroatoms. The number of hydrogen-bond donors (Lipinski definition) is 2. The molecule has 0 fully saturated rings. The number of aromatic nitrogens is 1. The van der Waals surface area contributed by atoms with Crippen molar-refractivity contribution in [1.29, 1.82) is 0 Å². The van der Waals surface area contributed by atoms with Crippen LogP contribution >= 0.6 is 11.3 Å². The SMILES string of the molecule is Cc1nc2c(CS(=O)O)c(N)ccc2s1. The van der Waals surface area contributed by atoms with E-state index in [1.54, 1.807) is 17.4 Å². The van der Waals surface area contributed by atoms with Crippen molar-refractivity contribution < 1.29 is 8.76 Å². The maximum atomic E-state index is 10.8. The molecule has 4 nitrogen and oxygen atoms in total. The highest BCUT2D eigenvalue weighted by molar-refractivity contribution is 7.78. The number of nitrogens with zero attached hydrogens (tertiary/aromatic N) is 1. The van der Waals surface area contributed by atoms with E-state index >= 15 is 0 Å². The number of nitrogens with two attached hydrogens (primary N) is 1. The molecule has 80 valence electrons. The summed E-state index contributed by atoms with van der Waals surface area (Å²) in [7, 11) is 0. The lowest BCUT2D eigenvalue weighted by Crippen LogP contribution is -1.99. The van der Waals surface area contributed by atoms with Gasteiger partial charge in [-0.15, -0.1) is 11.3 Å². The van der Waals surface area contributed by atoms with Crippen LogP contribution < -0.4 is 5.73 Å². The third-order valence-electron chi connectivity index (χ3n) is 2.08. The van der Waals surface area contributed by atoms with Gasteiger partial charge in [0.25, 0.3) is 0 Å². The van der Waals surface area contributed by atoms with Gasteiger partial charge < -0.3 is 10.3 Å². The number of anilines is 1. The van der Waals surface area contributed by atoms with Gasteiger partial charge in [-0.2, -0.15) is 0 Å². The molecule has 0 aliphatic heterocycles. The molecule has 0 saturated carbocycles. The first-order valence-electron chi connectivity index (χ1n) is 4.30. The molecule has 2 rings (SSSR count). The second kappa shape index (κ2) is 3.88. The topological polar surface area (TPSA) is 76.2 Å². The molecule has 1 heterocycles. The smallest absolute Gasteiger partial charge is 0.157 e. The summed E-state index contributed by atoms with van der Waals surface area (Å²) in [5.74, 6) is 0.0341. The Morgan fingerprint density at radius 1 is 1.60 bits per heavy atom. The van der Waals surface area contributed by atoms with Gasteiger partial charge in [-0.25, -0.2) is 9.19 Å². The predicted molar refractivity (Wildman–Crippen MR) is 63.2 cm³/mol. The van der Waals surface area contributed by atoms with Gasteiger partial charge in [-0.05, 0) is 19.1 Å². The van der Waals surface area contributed by atoms with E-state index in [1.165, 1.54) is 0 Å². The Hall–Kier alpha value is -0.980. The first-order valence-corrected chi connectivity index (χ1v) is 6.39. The molecule has 0 radical (unpaired) electrons. The van der Waals surface area contributed by atoms with Gasteiger partial charge in [0.2, 0.25) is 0 Å². The van der Waals surface area contributed by atoms with Crippen LogP contribution in [0.3, 0.4) is 0 Å². The molecule has 0 spiro atoms. The lowest BCUT2D eigenvalue weighted by molar-refractivity contribution is 0.563. The van der Waals surface area contributed by atoms with E-state index in [4.69, 9.17) is 10.3 Å². The van der Waals surface area contributed by atoms with Crippen LogP contribution in [-0.4, -0.2) is 13.7 Å². The van der Waals surface area contributed by atoms with Crippen LogP contribution in [-0.2, 0) is 16.8 Å². The fraction of sp³-hybridized carbons (Fsp3) is 0.222. The Morgan fingerprint density at radius 2 is 2.33 bits per heavy atom. The van der Waals surface area contributed by atoms with Gasteiger partial charge in [0.1, 0.15) is 0 Å². The Kier molecular flexibility index (Phi) is 2.72. The van der Waals surface area contributed by atoms with Crippen molar-refractivity contribution in [3.05, 3.63) is 22.7 Å². The minimum absolute atomic E-state index is 0.0341. The fourth-order valence-electron chi connectivity index (χ4n) is 1.45. The molecule has 0 saturated heterocycles. The number of fused-ring (bicyclic) bond motifs is 1. The maximum absolute atomic E-state index is 10.8. The average molecular weight is 242 g/mol. The van der Waals surface area contributed by atoms with Gasteiger partial charge in [0, 0.05) is 11.3 Å². The largest absolute Gasteiger partial charge is 0.398 e. The monoisotopic (exact) mass is 242 g/mol. The summed E-state index contributed by atoms with van der Waals surface area (Å²) in [6, 6.07) is 3.64. The average Bonchev–Trinajstić information content (AvgIpc) is 2.51. The molecule has 0 amide bonds. The van der Waals surface area contributed by atoms with Crippen LogP contribution in [0.5, 0.6) is 0 Å². The quantitative estimate of drug-likeness (QED) is 0.623. The van der Waals surface area contributed by atoms with Gasteiger partial charge in [0.05, 0.1) is 21.0 Å². The van der Waals surface area contributed by atoms with E-state index in [0.717, 1.165) is 15.2 Å². The van der Waals surface area contributed by atoms with E-state index < -0.39 is 11.1 Å². The summed E-state index contributed by atoms with van der Waals surface area (Å²) in [6.45, 7) is 1.90. The molecule has 1 atom stereocenters. The van der Waals surface area contributed by atoms with Gasteiger partial charge in [0.15, 0.2) is 11.1 Å². The molecule has 1 aromatic heterocycles. The highest BCUT2D eigenvalue weighted by Gasteiger charge is 2.11. The number of rotatable bonds is 2. The normalized spacial score (nSPS) is 13.2. The summed E-state index contributed by atoms with van der Waals surface area (Å²) in [4.78, 5) is 4.32. The molecule has 1 aromatic carbocycles. The molecule has 15 heavy (non-hydrogen) atoms. The molecule has 0 aliphatic carbocycles. The Labute approximate surface area is 93.4 Å². The standard InChI is InChI=1S/C9H10N2O2S2/c1-5-11-9-6(4-15(12)13)7(10)2-3-8(9)14-5/h2-3H,4,10H2,1H3,(H,12,13). The molecule has 1 unspecified atom stereocenters. The highest BCUT2D eigenvalue weighted by atomic mass is 32.2. The molecule has 3 N–H and O–H groups in total. The van der Waals surface area contributed by atoms with Crippen LogP contribution in [0, 0.1) is 6.92 Å². The lowest BCUT2D eigenvalue weighted by Gasteiger charge is -2.03. The summed E-state index contributed by atoms with van der Waals surface area (Å²) in [5, 5.41) is 0.931. The molecular weight excluding hydrogens is 232 g/mol. The summed E-state index contributed by atoms with van der Waals surface area (Å²) in [5.41, 5.74) is 7.70. The zero-order valence-electron chi connectivity index (χ0n) is 8.06. The summed E-state index contributed by atoms with van der Waals surface area (Å²) < 4.78 is 20.7. The molecule has 0 aliphatic rings. The first-order chi connectivity index (χ1) is 7.08. The van der Waals surface area contributed by atoms with Crippen molar-refractivity contribution >= 4 is 38.3 Å². The van der Waals surface area contributed by atoms with Crippen molar-refractivity contribution in [2.45, 2.75) is 12.7 Å². The van der Waals surface area contributed by atoms with E-state index in [-0.39, 0.29) is 5.75 Å². The van der Waals surface area contributed by atoms with Crippen LogP contribution in [0.4, 0.5) is 5.69 Å². The molecule has 0 bridgehead atoms. The van der Waals surface area contributed by atoms with E-state index in [2.05, 4.69) is 4.98 Å². The summed E-state index contributed by atoms with van der Waals surface area (Å²) in [6.07, 6.45) is 0. The minimum Gasteiger partial charge on any atom is -0.398 e. The van der Waals surface area contributed by atoms with Gasteiger partial charge in [-0.1, -0.05) is 0 Å². The highest BCUT2D eigenvalue weighted by Crippen LogP contribution is 2.29. The Bertz CT molecular complexity index is 536. The number of hydrogen-bond acceptors (Lipinski definition) is 4. The van der Waals surface area contributed by atoms with Crippen LogP contribution in [0.2, 0.25) is 0 Å². The zero-order chi connectivity index (χ0) is 11.0. The minimum atomic E-state index is -1.89. The first kappa shape index (κ1) is 10.5. The van der Waals surface area contributed by atoms with Gasteiger partial charge in [-0.3, -0.25) is 0 Å². The third kappa shape index (κ3) is 2.01. The lowest BCUT2D eigenvalue weighted by atomic mass is 10.2. The Morgan fingerprint density at radius 3 is 3.00 bits per heavy atom.